The summed E-state index contributed by atoms with van der Waals surface area (Å²) in [5, 5.41) is 9.91. The second-order valence-electron chi connectivity index (χ2n) is 3.88. The zero-order valence-electron chi connectivity index (χ0n) is 9.53. The number of carboxylic acids is 1. The third-order valence-electron chi connectivity index (χ3n) is 2.48. The third-order valence-corrected chi connectivity index (χ3v) is 3.52. The van der Waals surface area contributed by atoms with E-state index < -0.39 is 5.97 Å². The lowest BCUT2D eigenvalue weighted by Gasteiger charge is -2.07. The van der Waals surface area contributed by atoms with Crippen LogP contribution < -0.4 is 0 Å². The lowest BCUT2D eigenvalue weighted by Crippen LogP contribution is -2.01. The van der Waals surface area contributed by atoms with Crippen molar-refractivity contribution in [3.05, 3.63) is 51.2 Å². The Morgan fingerprint density at radius 3 is 2.53 bits per heavy atom. The third kappa shape index (κ3) is 3.38. The fourth-order valence-corrected chi connectivity index (χ4v) is 2.14. The first-order valence-electron chi connectivity index (χ1n) is 5.29. The summed E-state index contributed by atoms with van der Waals surface area (Å²) >= 11 is 17.8. The van der Waals surface area contributed by atoms with E-state index in [1.807, 2.05) is 0 Å². The minimum absolute atomic E-state index is 0.113. The first kappa shape index (κ1) is 14.1. The van der Waals surface area contributed by atoms with E-state index in [1.54, 1.807) is 24.3 Å². The Bertz CT molecular complexity index is 644. The van der Waals surface area contributed by atoms with Gasteiger partial charge in [-0.3, -0.25) is 4.79 Å². The van der Waals surface area contributed by atoms with Crippen LogP contribution in [0.3, 0.4) is 0 Å². The molecule has 0 bridgehead atoms. The molecule has 2 aromatic rings. The molecule has 0 spiro atoms. The molecule has 0 saturated heterocycles. The highest BCUT2D eigenvalue weighted by molar-refractivity contribution is 6.42. The maximum absolute atomic E-state index is 10.7. The molecule has 6 heteroatoms. The van der Waals surface area contributed by atoms with Gasteiger partial charge in [-0.25, -0.2) is 4.98 Å². The van der Waals surface area contributed by atoms with Gasteiger partial charge in [-0.2, -0.15) is 0 Å². The van der Waals surface area contributed by atoms with Crippen LogP contribution in [-0.4, -0.2) is 16.1 Å². The largest absolute Gasteiger partial charge is 0.481 e. The van der Waals surface area contributed by atoms with E-state index in [9.17, 15) is 4.79 Å². The van der Waals surface area contributed by atoms with Crippen molar-refractivity contribution in [3.63, 3.8) is 0 Å². The summed E-state index contributed by atoms with van der Waals surface area (Å²) < 4.78 is 0. The van der Waals surface area contributed by atoms with Crippen molar-refractivity contribution >= 4 is 40.8 Å². The highest BCUT2D eigenvalue weighted by atomic mass is 35.5. The molecule has 0 fully saturated rings. The first-order chi connectivity index (χ1) is 8.97. The summed E-state index contributed by atoms with van der Waals surface area (Å²) in [5.74, 6) is -0.927. The highest BCUT2D eigenvalue weighted by Crippen LogP contribution is 2.32. The van der Waals surface area contributed by atoms with Gasteiger partial charge >= 0.3 is 5.97 Å². The summed E-state index contributed by atoms with van der Waals surface area (Å²) in [5.41, 5.74) is 1.93. The van der Waals surface area contributed by atoms with E-state index >= 15 is 0 Å². The van der Waals surface area contributed by atoms with Crippen molar-refractivity contribution in [2.75, 3.05) is 0 Å². The Morgan fingerprint density at radius 2 is 1.89 bits per heavy atom. The van der Waals surface area contributed by atoms with Gasteiger partial charge in [-0.1, -0.05) is 40.9 Å². The Kier molecular flexibility index (Phi) is 4.30. The molecule has 1 heterocycles. The zero-order chi connectivity index (χ0) is 14.0. The molecule has 98 valence electrons. The quantitative estimate of drug-likeness (QED) is 0.857. The number of benzene rings is 1. The van der Waals surface area contributed by atoms with Gasteiger partial charge in [0.15, 0.2) is 0 Å². The molecule has 0 aliphatic heterocycles. The molecule has 0 amide bonds. The maximum atomic E-state index is 10.7. The summed E-state index contributed by atoms with van der Waals surface area (Å²) in [6.07, 6.45) is 1.33. The second kappa shape index (κ2) is 5.78. The molecular weight excluding hydrogens is 309 g/mol. The van der Waals surface area contributed by atoms with E-state index in [2.05, 4.69) is 4.98 Å². The molecule has 1 aromatic carbocycles. The fourth-order valence-electron chi connectivity index (χ4n) is 1.63. The summed E-state index contributed by atoms with van der Waals surface area (Å²) in [7, 11) is 0. The minimum atomic E-state index is -0.927. The number of aromatic nitrogens is 1. The number of carbonyl (C=O) groups is 1. The summed E-state index contributed by atoms with van der Waals surface area (Å²) in [6.45, 7) is 0. The molecule has 0 aliphatic rings. The van der Waals surface area contributed by atoms with Crippen LogP contribution in [0.5, 0.6) is 0 Å². The van der Waals surface area contributed by atoms with Crippen LogP contribution in [0.2, 0.25) is 15.2 Å². The summed E-state index contributed by atoms with van der Waals surface area (Å²) in [6, 6.07) is 6.75. The van der Waals surface area contributed by atoms with E-state index in [4.69, 9.17) is 39.9 Å². The molecule has 1 N–H and O–H groups in total. The number of nitrogens with zero attached hydrogens (tertiary/aromatic N) is 1. The number of halogens is 3. The monoisotopic (exact) mass is 315 g/mol. The molecule has 0 saturated carbocycles. The predicted molar refractivity (Wildman–Crippen MR) is 76.0 cm³/mol. The molecule has 0 radical (unpaired) electrons. The number of aliphatic carboxylic acids is 1. The number of pyridine rings is 1. The molecule has 3 nitrogen and oxygen atoms in total. The second-order valence-corrected chi connectivity index (χ2v) is 5.05. The summed E-state index contributed by atoms with van der Waals surface area (Å²) in [4.78, 5) is 14.7. The van der Waals surface area contributed by atoms with Crippen LogP contribution in [0.15, 0.2) is 30.5 Å². The molecule has 19 heavy (non-hydrogen) atoms. The Labute approximate surface area is 124 Å². The average Bonchev–Trinajstić information content (AvgIpc) is 2.34. The van der Waals surface area contributed by atoms with Gasteiger partial charge in [0.1, 0.15) is 5.15 Å². The van der Waals surface area contributed by atoms with Gasteiger partial charge in [-0.15, -0.1) is 0 Å². The molecule has 1 aromatic heterocycles. The first-order valence-corrected chi connectivity index (χ1v) is 6.42. The van der Waals surface area contributed by atoms with Crippen molar-refractivity contribution in [1.82, 2.24) is 4.98 Å². The number of rotatable bonds is 3. The fraction of sp³-hybridized carbons (Fsp3) is 0.0769. The lowest BCUT2D eigenvalue weighted by molar-refractivity contribution is -0.136. The zero-order valence-corrected chi connectivity index (χ0v) is 11.8. The average molecular weight is 317 g/mol. The van der Waals surface area contributed by atoms with E-state index in [0.29, 0.717) is 21.2 Å². The SMILES string of the molecule is O=C(O)Cc1cnc(Cl)c(-c2ccc(Cl)c(Cl)c2)c1. The van der Waals surface area contributed by atoms with Gasteiger partial charge in [0.25, 0.3) is 0 Å². The maximum Gasteiger partial charge on any atom is 0.307 e. The van der Waals surface area contributed by atoms with Crippen molar-refractivity contribution in [2.45, 2.75) is 6.42 Å². The Morgan fingerprint density at radius 1 is 1.16 bits per heavy atom. The van der Waals surface area contributed by atoms with E-state index in [0.717, 1.165) is 5.56 Å². The molecule has 0 atom stereocenters. The number of carboxylic acid groups (broad SMARTS) is 1. The molecule has 2 rings (SSSR count). The Hall–Kier alpha value is -1.29. The van der Waals surface area contributed by atoms with E-state index in [1.165, 1.54) is 6.20 Å². The normalized spacial score (nSPS) is 10.5. The number of hydrogen-bond acceptors (Lipinski definition) is 2. The van der Waals surface area contributed by atoms with Crippen LogP contribution in [0.1, 0.15) is 5.56 Å². The predicted octanol–water partition coefficient (Wildman–Crippen LogP) is 4.34. The van der Waals surface area contributed by atoms with Gasteiger partial charge in [0.05, 0.1) is 16.5 Å². The molecule has 0 aliphatic carbocycles. The van der Waals surface area contributed by atoms with Crippen LogP contribution in [0, 0.1) is 0 Å². The van der Waals surface area contributed by atoms with Crippen LogP contribution in [0.25, 0.3) is 11.1 Å². The van der Waals surface area contributed by atoms with Gasteiger partial charge < -0.3 is 5.11 Å². The van der Waals surface area contributed by atoms with Crippen molar-refractivity contribution in [2.24, 2.45) is 0 Å². The van der Waals surface area contributed by atoms with Gasteiger partial charge in [-0.05, 0) is 29.3 Å². The minimum Gasteiger partial charge on any atom is -0.481 e. The molecule has 0 unspecified atom stereocenters. The smallest absolute Gasteiger partial charge is 0.307 e. The molecular formula is C13H8Cl3NO2. The lowest BCUT2D eigenvalue weighted by atomic mass is 10.0. The standard InChI is InChI=1S/C13H8Cl3NO2/c14-10-2-1-8(5-11(10)15)9-3-7(4-12(18)19)6-17-13(9)16/h1-3,5-6H,4H2,(H,18,19). The Balaban J connectivity index is 2.48. The van der Waals surface area contributed by atoms with Gasteiger partial charge in [0.2, 0.25) is 0 Å². The van der Waals surface area contributed by atoms with E-state index in [-0.39, 0.29) is 11.6 Å². The van der Waals surface area contributed by atoms with Crippen LogP contribution >= 0.6 is 34.8 Å². The highest BCUT2D eigenvalue weighted by Gasteiger charge is 2.10. The van der Waals surface area contributed by atoms with Crippen molar-refractivity contribution < 1.29 is 9.90 Å². The van der Waals surface area contributed by atoms with Crippen molar-refractivity contribution in [1.29, 1.82) is 0 Å². The van der Waals surface area contributed by atoms with Crippen molar-refractivity contribution in [3.8, 4) is 11.1 Å². The topological polar surface area (TPSA) is 50.2 Å². The number of hydrogen-bond donors (Lipinski definition) is 1. The van der Waals surface area contributed by atoms with Crippen LogP contribution in [-0.2, 0) is 11.2 Å². The van der Waals surface area contributed by atoms with Gasteiger partial charge in [0, 0.05) is 11.8 Å². The van der Waals surface area contributed by atoms with Crippen LogP contribution in [0.4, 0.5) is 0 Å².